The number of nitrogens with one attached hydrogen (secondary N) is 1. The predicted octanol–water partition coefficient (Wildman–Crippen LogP) is 0.878. The Kier molecular flexibility index (Phi) is 3.60. The van der Waals surface area contributed by atoms with Gasteiger partial charge in [0.1, 0.15) is 0 Å². The number of aromatic amines is 1. The molecule has 0 radical (unpaired) electrons. The first-order chi connectivity index (χ1) is 7.41. The number of aromatic nitrogens is 1. The summed E-state index contributed by atoms with van der Waals surface area (Å²) in [4.78, 5) is 36.4. The molecule has 0 unspecified atom stereocenters. The topological polar surface area (TPSA) is 87.2 Å². The minimum absolute atomic E-state index is 0.0836. The van der Waals surface area contributed by atoms with E-state index in [0.717, 1.165) is 12.3 Å². The SMILES string of the molecule is CC(C)CC(=O)C(=O)c1cc(=O)c(O)c[nH]1. The van der Waals surface area contributed by atoms with Gasteiger partial charge in [0.15, 0.2) is 5.75 Å². The fraction of sp³-hybridized carbons (Fsp3) is 0.364. The summed E-state index contributed by atoms with van der Waals surface area (Å²) in [5, 5.41) is 8.97. The van der Waals surface area contributed by atoms with E-state index < -0.39 is 22.7 Å². The van der Waals surface area contributed by atoms with Crippen molar-refractivity contribution in [2.24, 2.45) is 5.92 Å². The number of H-pyrrole nitrogens is 1. The molecule has 0 bridgehead atoms. The Labute approximate surface area is 92.1 Å². The van der Waals surface area contributed by atoms with Crippen molar-refractivity contribution in [3.63, 3.8) is 0 Å². The number of pyridine rings is 1. The maximum atomic E-state index is 11.5. The Bertz CT molecular complexity index is 473. The molecule has 86 valence electrons. The molecule has 0 spiro atoms. The summed E-state index contributed by atoms with van der Waals surface area (Å²) in [7, 11) is 0. The van der Waals surface area contributed by atoms with Crippen molar-refractivity contribution in [3.8, 4) is 5.75 Å². The van der Waals surface area contributed by atoms with Crippen LogP contribution in [0.3, 0.4) is 0 Å². The van der Waals surface area contributed by atoms with Gasteiger partial charge in [-0.15, -0.1) is 0 Å². The highest BCUT2D eigenvalue weighted by Gasteiger charge is 2.18. The van der Waals surface area contributed by atoms with Crippen LogP contribution in [0.4, 0.5) is 0 Å². The minimum atomic E-state index is -0.731. The van der Waals surface area contributed by atoms with Crippen LogP contribution in [0.25, 0.3) is 0 Å². The maximum absolute atomic E-state index is 11.5. The molecule has 1 aromatic rings. The molecule has 0 fully saturated rings. The Morgan fingerprint density at radius 3 is 2.56 bits per heavy atom. The van der Waals surface area contributed by atoms with E-state index in [1.165, 1.54) is 0 Å². The number of Topliss-reactive ketones (excluding diaryl/α,β-unsaturated/α-hetero) is 2. The van der Waals surface area contributed by atoms with Crippen LogP contribution in [0.15, 0.2) is 17.1 Å². The smallest absolute Gasteiger partial charge is 0.244 e. The van der Waals surface area contributed by atoms with Crippen molar-refractivity contribution in [1.82, 2.24) is 4.98 Å². The first kappa shape index (κ1) is 12.2. The molecule has 1 heterocycles. The van der Waals surface area contributed by atoms with Crippen LogP contribution in [0.5, 0.6) is 5.75 Å². The van der Waals surface area contributed by atoms with E-state index in [9.17, 15) is 14.4 Å². The van der Waals surface area contributed by atoms with Crippen molar-refractivity contribution in [1.29, 1.82) is 0 Å². The Morgan fingerprint density at radius 2 is 2.06 bits per heavy atom. The number of carbonyl (C=O) groups is 2. The molecule has 1 rings (SSSR count). The quantitative estimate of drug-likeness (QED) is 0.586. The van der Waals surface area contributed by atoms with E-state index in [4.69, 9.17) is 5.11 Å². The molecule has 16 heavy (non-hydrogen) atoms. The van der Waals surface area contributed by atoms with Gasteiger partial charge >= 0.3 is 0 Å². The largest absolute Gasteiger partial charge is 0.503 e. The van der Waals surface area contributed by atoms with Crippen LogP contribution < -0.4 is 5.43 Å². The molecular formula is C11H13NO4. The molecule has 2 N–H and O–H groups in total. The second-order valence-electron chi connectivity index (χ2n) is 3.95. The summed E-state index contributed by atoms with van der Waals surface area (Å²) in [5.74, 6) is -1.67. The van der Waals surface area contributed by atoms with E-state index in [0.29, 0.717) is 0 Å². The summed E-state index contributed by atoms with van der Waals surface area (Å²) in [6.45, 7) is 3.65. The number of hydrogen-bond donors (Lipinski definition) is 2. The summed E-state index contributed by atoms with van der Waals surface area (Å²) in [6.07, 6.45) is 1.14. The zero-order chi connectivity index (χ0) is 12.3. The molecule has 5 nitrogen and oxygen atoms in total. The third kappa shape index (κ3) is 2.79. The highest BCUT2D eigenvalue weighted by molar-refractivity contribution is 6.43. The Morgan fingerprint density at radius 1 is 1.44 bits per heavy atom. The predicted molar refractivity (Wildman–Crippen MR) is 57.5 cm³/mol. The summed E-state index contributed by atoms with van der Waals surface area (Å²) in [6, 6.07) is 0.926. The van der Waals surface area contributed by atoms with Gasteiger partial charge in [-0.3, -0.25) is 14.4 Å². The zero-order valence-corrected chi connectivity index (χ0v) is 9.11. The van der Waals surface area contributed by atoms with E-state index in [-0.39, 0.29) is 18.0 Å². The van der Waals surface area contributed by atoms with Crippen LogP contribution in [-0.4, -0.2) is 21.7 Å². The molecule has 0 atom stereocenters. The van der Waals surface area contributed by atoms with Crippen LogP contribution in [0.1, 0.15) is 30.8 Å². The molecular weight excluding hydrogens is 210 g/mol. The van der Waals surface area contributed by atoms with Crippen molar-refractivity contribution in [2.45, 2.75) is 20.3 Å². The summed E-state index contributed by atoms with van der Waals surface area (Å²) in [5.41, 5.74) is -0.770. The lowest BCUT2D eigenvalue weighted by molar-refractivity contribution is -0.115. The average Bonchev–Trinajstić information content (AvgIpc) is 2.20. The van der Waals surface area contributed by atoms with Gasteiger partial charge in [-0.25, -0.2) is 0 Å². The van der Waals surface area contributed by atoms with Gasteiger partial charge in [0, 0.05) is 18.7 Å². The molecule has 0 amide bonds. The fourth-order valence-electron chi connectivity index (χ4n) is 1.21. The third-order valence-electron chi connectivity index (χ3n) is 1.98. The molecule has 5 heteroatoms. The van der Waals surface area contributed by atoms with Gasteiger partial charge in [-0.1, -0.05) is 13.8 Å². The monoisotopic (exact) mass is 223 g/mol. The molecule has 0 aromatic carbocycles. The van der Waals surface area contributed by atoms with E-state index in [1.54, 1.807) is 0 Å². The van der Waals surface area contributed by atoms with Crippen LogP contribution in [-0.2, 0) is 4.79 Å². The highest BCUT2D eigenvalue weighted by atomic mass is 16.3. The first-order valence-electron chi connectivity index (χ1n) is 4.91. The van der Waals surface area contributed by atoms with Gasteiger partial charge in [0.05, 0.1) is 5.69 Å². The maximum Gasteiger partial charge on any atom is 0.244 e. The molecule has 0 saturated heterocycles. The molecule has 0 saturated carbocycles. The van der Waals surface area contributed by atoms with Crippen molar-refractivity contribution >= 4 is 11.6 Å². The van der Waals surface area contributed by atoms with Crippen LogP contribution >= 0.6 is 0 Å². The average molecular weight is 223 g/mol. The third-order valence-corrected chi connectivity index (χ3v) is 1.98. The molecule has 0 aliphatic rings. The van der Waals surface area contributed by atoms with Gasteiger partial charge < -0.3 is 10.1 Å². The number of rotatable bonds is 4. The van der Waals surface area contributed by atoms with Crippen molar-refractivity contribution in [2.75, 3.05) is 0 Å². The van der Waals surface area contributed by atoms with Gasteiger partial charge in [-0.05, 0) is 5.92 Å². The first-order valence-corrected chi connectivity index (χ1v) is 4.91. The summed E-state index contributed by atoms with van der Waals surface area (Å²) >= 11 is 0. The number of ketones is 2. The van der Waals surface area contributed by atoms with E-state index in [1.807, 2.05) is 13.8 Å². The van der Waals surface area contributed by atoms with E-state index in [2.05, 4.69) is 4.98 Å². The molecule has 0 aliphatic heterocycles. The minimum Gasteiger partial charge on any atom is -0.503 e. The zero-order valence-electron chi connectivity index (χ0n) is 9.11. The summed E-state index contributed by atoms with van der Waals surface area (Å²) < 4.78 is 0. The lowest BCUT2D eigenvalue weighted by Gasteiger charge is -2.03. The Hall–Kier alpha value is -1.91. The second-order valence-corrected chi connectivity index (χ2v) is 3.95. The van der Waals surface area contributed by atoms with Gasteiger partial charge in [0.2, 0.25) is 17.0 Å². The standard InChI is InChI=1S/C11H13NO4/c1-6(2)3-9(14)11(16)7-4-8(13)10(15)5-12-7/h4-6,15H,3H2,1-2H3,(H,12,13). The van der Waals surface area contributed by atoms with Crippen LogP contribution in [0, 0.1) is 5.92 Å². The van der Waals surface area contributed by atoms with E-state index >= 15 is 0 Å². The molecule has 1 aromatic heterocycles. The number of hydrogen-bond acceptors (Lipinski definition) is 4. The van der Waals surface area contributed by atoms with Crippen LogP contribution in [0.2, 0.25) is 0 Å². The van der Waals surface area contributed by atoms with Gasteiger partial charge in [-0.2, -0.15) is 0 Å². The molecule has 0 aliphatic carbocycles. The lowest BCUT2D eigenvalue weighted by atomic mass is 10.0. The van der Waals surface area contributed by atoms with Crippen molar-refractivity contribution < 1.29 is 14.7 Å². The van der Waals surface area contributed by atoms with Gasteiger partial charge in [0.25, 0.3) is 0 Å². The number of aromatic hydroxyl groups is 1. The lowest BCUT2D eigenvalue weighted by Crippen LogP contribution is -2.19. The highest BCUT2D eigenvalue weighted by Crippen LogP contribution is 2.05. The second kappa shape index (κ2) is 4.74. The fourth-order valence-corrected chi connectivity index (χ4v) is 1.21. The normalized spacial score (nSPS) is 10.4. The number of carbonyl (C=O) groups excluding carboxylic acids is 2. The van der Waals surface area contributed by atoms with Crippen molar-refractivity contribution in [3.05, 3.63) is 28.2 Å². The Balaban J connectivity index is 2.93.